The molecule has 0 fully saturated rings. The maximum Gasteiger partial charge on any atom is 0.0585 e. The fraction of sp³-hybridized carbons (Fsp3) is 0.333. The molecule has 0 radical (unpaired) electrons. The van der Waals surface area contributed by atoms with Gasteiger partial charge >= 0.3 is 0 Å². The van der Waals surface area contributed by atoms with Crippen LogP contribution in [0.4, 0.5) is 0 Å². The Morgan fingerprint density at radius 2 is 1.76 bits per heavy atom. The Kier molecular flexibility index (Phi) is 6.26. The molecule has 112 valence electrons. The van der Waals surface area contributed by atoms with Gasteiger partial charge in [0.15, 0.2) is 0 Å². The molecule has 0 saturated heterocycles. The Balaban J connectivity index is 2.31. The van der Waals surface area contributed by atoms with Crippen molar-refractivity contribution in [3.63, 3.8) is 0 Å². The van der Waals surface area contributed by atoms with Gasteiger partial charge in [0.1, 0.15) is 0 Å². The highest BCUT2D eigenvalue weighted by Crippen LogP contribution is 2.30. The molecule has 0 spiro atoms. The van der Waals surface area contributed by atoms with Crippen molar-refractivity contribution in [3.8, 4) is 0 Å². The van der Waals surface area contributed by atoms with Gasteiger partial charge in [-0.15, -0.1) is 0 Å². The van der Waals surface area contributed by atoms with Crippen LogP contribution in [0, 0.1) is 9.49 Å². The molecule has 1 N–H and O–H groups in total. The van der Waals surface area contributed by atoms with Crippen molar-refractivity contribution in [1.29, 1.82) is 0 Å². The van der Waals surface area contributed by atoms with Crippen LogP contribution in [0.1, 0.15) is 36.6 Å². The standard InChI is InChI=1S/C18H21BrIN/c1-12(2)10-13-4-6-14(7-5-13)18(21-3)16-11-15(20)8-9-17(16)19/h4-9,11-12,18,21H,10H2,1-3H3. The lowest BCUT2D eigenvalue weighted by Gasteiger charge is -2.19. The Hall–Kier alpha value is -0.390. The SMILES string of the molecule is CNC(c1ccc(CC(C)C)cc1)c1cc(I)ccc1Br. The van der Waals surface area contributed by atoms with Crippen LogP contribution in [0.5, 0.6) is 0 Å². The van der Waals surface area contributed by atoms with E-state index >= 15 is 0 Å². The van der Waals surface area contributed by atoms with Gasteiger partial charge in [-0.2, -0.15) is 0 Å². The number of rotatable bonds is 5. The third-order valence-corrected chi connectivity index (χ3v) is 4.91. The van der Waals surface area contributed by atoms with Gasteiger partial charge in [0.2, 0.25) is 0 Å². The van der Waals surface area contributed by atoms with Crippen LogP contribution in [0.3, 0.4) is 0 Å². The number of halogens is 2. The highest BCUT2D eigenvalue weighted by Gasteiger charge is 2.15. The van der Waals surface area contributed by atoms with Crippen molar-refractivity contribution < 1.29 is 0 Å². The summed E-state index contributed by atoms with van der Waals surface area (Å²) < 4.78 is 2.40. The summed E-state index contributed by atoms with van der Waals surface area (Å²) in [6.45, 7) is 4.51. The molecule has 0 amide bonds. The van der Waals surface area contributed by atoms with E-state index in [9.17, 15) is 0 Å². The first-order valence-electron chi connectivity index (χ1n) is 7.22. The molecule has 1 nitrogen and oxygen atoms in total. The van der Waals surface area contributed by atoms with Gasteiger partial charge in [-0.1, -0.05) is 54.0 Å². The lowest BCUT2D eigenvalue weighted by molar-refractivity contribution is 0.645. The predicted octanol–water partition coefficient (Wildman–Crippen LogP) is 5.56. The molecule has 0 bridgehead atoms. The molecule has 0 heterocycles. The zero-order valence-corrected chi connectivity index (χ0v) is 16.4. The van der Waals surface area contributed by atoms with Crippen LogP contribution in [-0.2, 0) is 6.42 Å². The second-order valence-corrected chi connectivity index (χ2v) is 7.83. The van der Waals surface area contributed by atoms with Crippen molar-refractivity contribution in [3.05, 3.63) is 67.2 Å². The van der Waals surface area contributed by atoms with E-state index in [-0.39, 0.29) is 6.04 Å². The molecule has 1 atom stereocenters. The predicted molar refractivity (Wildman–Crippen MR) is 103 cm³/mol. The average Bonchev–Trinajstić information content (AvgIpc) is 2.44. The maximum absolute atomic E-state index is 3.67. The smallest absolute Gasteiger partial charge is 0.0585 e. The summed E-state index contributed by atoms with van der Waals surface area (Å²) >= 11 is 6.03. The van der Waals surface area contributed by atoms with Crippen LogP contribution in [-0.4, -0.2) is 7.05 Å². The van der Waals surface area contributed by atoms with E-state index in [1.807, 2.05) is 7.05 Å². The quantitative estimate of drug-likeness (QED) is 0.579. The van der Waals surface area contributed by atoms with E-state index in [1.165, 1.54) is 20.3 Å². The van der Waals surface area contributed by atoms with E-state index < -0.39 is 0 Å². The fourth-order valence-electron chi connectivity index (χ4n) is 2.56. The van der Waals surface area contributed by atoms with Gasteiger partial charge in [-0.25, -0.2) is 0 Å². The monoisotopic (exact) mass is 457 g/mol. The molecule has 2 aromatic rings. The Morgan fingerprint density at radius 1 is 1.10 bits per heavy atom. The Morgan fingerprint density at radius 3 is 2.33 bits per heavy atom. The molecular formula is C18H21BrIN. The summed E-state index contributed by atoms with van der Waals surface area (Å²) in [6, 6.07) is 15.7. The molecule has 1 unspecified atom stereocenters. The topological polar surface area (TPSA) is 12.0 Å². The zero-order chi connectivity index (χ0) is 15.4. The molecule has 0 aromatic heterocycles. The molecule has 21 heavy (non-hydrogen) atoms. The Labute approximate surface area is 149 Å². The molecule has 3 heteroatoms. The fourth-order valence-corrected chi connectivity index (χ4v) is 3.55. The molecule has 0 aliphatic rings. The summed E-state index contributed by atoms with van der Waals surface area (Å²) in [5.74, 6) is 0.695. The molecular weight excluding hydrogens is 437 g/mol. The van der Waals surface area contributed by atoms with E-state index in [2.05, 4.69) is 100 Å². The van der Waals surface area contributed by atoms with Crippen LogP contribution in [0.2, 0.25) is 0 Å². The van der Waals surface area contributed by atoms with Crippen molar-refractivity contribution >= 4 is 38.5 Å². The molecule has 0 saturated carbocycles. The zero-order valence-electron chi connectivity index (χ0n) is 12.7. The number of hydrogen-bond acceptors (Lipinski definition) is 1. The number of nitrogens with one attached hydrogen (secondary N) is 1. The lowest BCUT2D eigenvalue weighted by atomic mass is 9.96. The van der Waals surface area contributed by atoms with Crippen molar-refractivity contribution in [2.75, 3.05) is 7.05 Å². The average molecular weight is 458 g/mol. The number of benzene rings is 2. The van der Waals surface area contributed by atoms with Crippen molar-refractivity contribution in [2.24, 2.45) is 5.92 Å². The van der Waals surface area contributed by atoms with Crippen LogP contribution in [0.25, 0.3) is 0 Å². The van der Waals surface area contributed by atoms with E-state index in [0.29, 0.717) is 5.92 Å². The van der Waals surface area contributed by atoms with E-state index in [1.54, 1.807) is 0 Å². The Bertz CT molecular complexity index is 593. The highest BCUT2D eigenvalue weighted by molar-refractivity contribution is 14.1. The van der Waals surface area contributed by atoms with E-state index in [0.717, 1.165) is 10.9 Å². The summed E-state index contributed by atoms with van der Waals surface area (Å²) in [7, 11) is 2.01. The third kappa shape index (κ3) is 4.54. The first-order valence-corrected chi connectivity index (χ1v) is 9.09. The lowest BCUT2D eigenvalue weighted by Crippen LogP contribution is -2.18. The summed E-state index contributed by atoms with van der Waals surface area (Å²) in [5, 5.41) is 3.43. The van der Waals surface area contributed by atoms with Crippen LogP contribution < -0.4 is 5.32 Å². The summed E-state index contributed by atoms with van der Waals surface area (Å²) in [6.07, 6.45) is 1.14. The maximum atomic E-state index is 3.67. The van der Waals surface area contributed by atoms with Gasteiger partial charge in [-0.05, 0) is 76.9 Å². The van der Waals surface area contributed by atoms with Crippen molar-refractivity contribution in [1.82, 2.24) is 5.32 Å². The van der Waals surface area contributed by atoms with E-state index in [4.69, 9.17) is 0 Å². The third-order valence-electron chi connectivity index (χ3n) is 3.51. The molecule has 0 aliphatic heterocycles. The van der Waals surface area contributed by atoms with Gasteiger partial charge in [0, 0.05) is 8.04 Å². The molecule has 0 aliphatic carbocycles. The second-order valence-electron chi connectivity index (χ2n) is 5.73. The second kappa shape index (κ2) is 7.75. The number of hydrogen-bond donors (Lipinski definition) is 1. The van der Waals surface area contributed by atoms with Gasteiger partial charge in [0.05, 0.1) is 6.04 Å². The minimum absolute atomic E-state index is 0.210. The largest absolute Gasteiger partial charge is 0.309 e. The molecule has 2 aromatic carbocycles. The first-order chi connectivity index (χ1) is 10.0. The van der Waals surface area contributed by atoms with Crippen LogP contribution in [0.15, 0.2) is 46.9 Å². The minimum Gasteiger partial charge on any atom is -0.309 e. The normalized spacial score (nSPS) is 12.7. The summed E-state index contributed by atoms with van der Waals surface area (Å²) in [5.41, 5.74) is 3.99. The van der Waals surface area contributed by atoms with Crippen molar-refractivity contribution in [2.45, 2.75) is 26.3 Å². The summed E-state index contributed by atoms with van der Waals surface area (Å²) in [4.78, 5) is 0. The van der Waals surface area contributed by atoms with Gasteiger partial charge in [-0.3, -0.25) is 0 Å². The van der Waals surface area contributed by atoms with Gasteiger partial charge in [0.25, 0.3) is 0 Å². The minimum atomic E-state index is 0.210. The molecule has 2 rings (SSSR count). The van der Waals surface area contributed by atoms with Gasteiger partial charge < -0.3 is 5.32 Å². The highest BCUT2D eigenvalue weighted by atomic mass is 127. The van der Waals surface area contributed by atoms with Crippen LogP contribution >= 0.6 is 38.5 Å². The first kappa shape index (κ1) is 17.0.